The van der Waals surface area contributed by atoms with Crippen LogP contribution in [0.3, 0.4) is 0 Å². The highest BCUT2D eigenvalue weighted by Crippen LogP contribution is 2.28. The first-order valence-electron chi connectivity index (χ1n) is 7.70. The van der Waals surface area contributed by atoms with E-state index in [0.29, 0.717) is 16.7 Å². The Hall–Kier alpha value is -3.25. The van der Waals surface area contributed by atoms with E-state index in [-0.39, 0.29) is 0 Å². The Kier molecular flexibility index (Phi) is 3.05. The third-order valence-electron chi connectivity index (χ3n) is 3.90. The lowest BCUT2D eigenvalue weighted by Crippen LogP contribution is -1.88. The molecule has 5 rings (SSSR count). The first kappa shape index (κ1) is 14.1. The summed E-state index contributed by atoms with van der Waals surface area (Å²) in [5.74, 6) is 1.22. The maximum absolute atomic E-state index is 6.32. The van der Waals surface area contributed by atoms with Crippen LogP contribution in [0.25, 0.3) is 34.1 Å². The van der Waals surface area contributed by atoms with Crippen LogP contribution in [0.15, 0.2) is 67.0 Å². The molecule has 6 nitrogen and oxygen atoms in total. The van der Waals surface area contributed by atoms with Crippen molar-refractivity contribution in [3.05, 3.63) is 72.0 Å². The summed E-state index contributed by atoms with van der Waals surface area (Å²) in [6.07, 6.45) is 3.72. The number of hydrogen-bond acceptors (Lipinski definition) is 4. The maximum Gasteiger partial charge on any atom is 0.182 e. The van der Waals surface area contributed by atoms with Crippen LogP contribution in [-0.4, -0.2) is 29.2 Å². The summed E-state index contributed by atoms with van der Waals surface area (Å²) < 4.78 is 3.47. The second-order valence-corrected chi connectivity index (χ2v) is 6.04. The van der Waals surface area contributed by atoms with Crippen LogP contribution < -0.4 is 0 Å². The SMILES string of the molecule is Clc1cc(-c2nc3ccccn3n2)cc(-c2nc3ccccn3n2)c1. The van der Waals surface area contributed by atoms with Crippen LogP contribution in [0.1, 0.15) is 0 Å². The van der Waals surface area contributed by atoms with Gasteiger partial charge in [0.2, 0.25) is 0 Å². The average molecular weight is 347 g/mol. The molecule has 0 N–H and O–H groups in total. The number of aromatic nitrogens is 6. The van der Waals surface area contributed by atoms with Gasteiger partial charge in [-0.05, 0) is 42.5 Å². The molecule has 7 heteroatoms. The highest BCUT2D eigenvalue weighted by Gasteiger charge is 2.12. The third-order valence-corrected chi connectivity index (χ3v) is 4.12. The quantitative estimate of drug-likeness (QED) is 0.488. The average Bonchev–Trinajstić information content (AvgIpc) is 3.25. The smallest absolute Gasteiger partial charge is 0.182 e. The van der Waals surface area contributed by atoms with E-state index in [4.69, 9.17) is 11.6 Å². The Morgan fingerprint density at radius 1 is 0.680 bits per heavy atom. The van der Waals surface area contributed by atoms with Gasteiger partial charge in [0.15, 0.2) is 22.9 Å². The summed E-state index contributed by atoms with van der Waals surface area (Å²) in [7, 11) is 0. The molecule has 0 bridgehead atoms. The van der Waals surface area contributed by atoms with Crippen molar-refractivity contribution in [2.75, 3.05) is 0 Å². The molecule has 0 amide bonds. The van der Waals surface area contributed by atoms with Crippen LogP contribution >= 0.6 is 11.6 Å². The minimum absolute atomic E-state index is 0.588. The molecule has 0 aliphatic heterocycles. The molecule has 0 spiro atoms. The molecule has 0 aliphatic rings. The minimum atomic E-state index is 0.588. The largest absolute Gasteiger partial charge is 0.221 e. The molecule has 25 heavy (non-hydrogen) atoms. The summed E-state index contributed by atoms with van der Waals surface area (Å²) in [5, 5.41) is 9.59. The van der Waals surface area contributed by atoms with Gasteiger partial charge >= 0.3 is 0 Å². The van der Waals surface area contributed by atoms with Crippen molar-refractivity contribution in [3.8, 4) is 22.8 Å². The van der Waals surface area contributed by atoms with E-state index in [2.05, 4.69) is 20.2 Å². The Morgan fingerprint density at radius 3 is 1.68 bits per heavy atom. The van der Waals surface area contributed by atoms with Crippen molar-refractivity contribution in [1.29, 1.82) is 0 Å². The number of rotatable bonds is 2. The number of benzene rings is 1. The van der Waals surface area contributed by atoms with Crippen molar-refractivity contribution in [3.63, 3.8) is 0 Å². The number of halogens is 1. The van der Waals surface area contributed by atoms with Crippen molar-refractivity contribution in [1.82, 2.24) is 29.2 Å². The highest BCUT2D eigenvalue weighted by atomic mass is 35.5. The van der Waals surface area contributed by atoms with E-state index in [0.717, 1.165) is 22.4 Å². The number of nitrogens with zero attached hydrogens (tertiary/aromatic N) is 6. The molecular weight excluding hydrogens is 336 g/mol. The predicted molar refractivity (Wildman–Crippen MR) is 95.4 cm³/mol. The zero-order chi connectivity index (χ0) is 16.8. The summed E-state index contributed by atoms with van der Waals surface area (Å²) in [6.45, 7) is 0. The van der Waals surface area contributed by atoms with E-state index in [1.807, 2.05) is 67.0 Å². The molecule has 1 aromatic carbocycles. The summed E-state index contributed by atoms with van der Waals surface area (Å²) in [5.41, 5.74) is 3.21. The Labute approximate surface area is 147 Å². The molecule has 0 saturated carbocycles. The normalized spacial score (nSPS) is 11.4. The van der Waals surface area contributed by atoms with Crippen molar-refractivity contribution < 1.29 is 0 Å². The zero-order valence-corrected chi connectivity index (χ0v) is 13.7. The summed E-state index contributed by atoms with van der Waals surface area (Å²) in [4.78, 5) is 9.10. The van der Waals surface area contributed by atoms with Gasteiger partial charge in [-0.25, -0.2) is 19.0 Å². The maximum atomic E-state index is 6.32. The topological polar surface area (TPSA) is 60.4 Å². The fourth-order valence-electron chi connectivity index (χ4n) is 2.76. The van der Waals surface area contributed by atoms with Gasteiger partial charge in [-0.2, -0.15) is 0 Å². The first-order chi connectivity index (χ1) is 12.3. The standard InChI is InChI=1S/C18H11ClN6/c19-14-10-12(17-20-15-5-1-3-7-24(15)22-17)9-13(11-14)18-21-16-6-2-4-8-25(16)23-18/h1-11H. The summed E-state index contributed by atoms with van der Waals surface area (Å²) >= 11 is 6.32. The van der Waals surface area contributed by atoms with Crippen molar-refractivity contribution in [2.24, 2.45) is 0 Å². The highest BCUT2D eigenvalue weighted by molar-refractivity contribution is 6.31. The number of fused-ring (bicyclic) bond motifs is 2. The van der Waals surface area contributed by atoms with Gasteiger partial charge in [0.05, 0.1) is 0 Å². The van der Waals surface area contributed by atoms with Crippen LogP contribution in [0, 0.1) is 0 Å². The summed E-state index contributed by atoms with van der Waals surface area (Å²) in [6, 6.07) is 17.1. The predicted octanol–water partition coefficient (Wildman–Crippen LogP) is 3.76. The van der Waals surface area contributed by atoms with Crippen LogP contribution in [0.5, 0.6) is 0 Å². The van der Waals surface area contributed by atoms with Gasteiger partial charge in [-0.3, -0.25) is 0 Å². The van der Waals surface area contributed by atoms with Gasteiger partial charge in [0.25, 0.3) is 0 Å². The fraction of sp³-hybridized carbons (Fsp3) is 0. The van der Waals surface area contributed by atoms with Crippen molar-refractivity contribution in [2.45, 2.75) is 0 Å². The van der Waals surface area contributed by atoms with E-state index in [1.54, 1.807) is 9.03 Å². The first-order valence-corrected chi connectivity index (χ1v) is 8.08. The number of hydrogen-bond donors (Lipinski definition) is 0. The van der Waals surface area contributed by atoms with E-state index in [9.17, 15) is 0 Å². The van der Waals surface area contributed by atoms with Gasteiger partial charge in [-0.1, -0.05) is 23.7 Å². The molecule has 120 valence electrons. The van der Waals surface area contributed by atoms with Crippen LogP contribution in [-0.2, 0) is 0 Å². The van der Waals surface area contributed by atoms with Crippen LogP contribution in [0.4, 0.5) is 0 Å². The van der Waals surface area contributed by atoms with Gasteiger partial charge in [-0.15, -0.1) is 10.2 Å². The van der Waals surface area contributed by atoms with Gasteiger partial charge < -0.3 is 0 Å². The lowest BCUT2D eigenvalue weighted by Gasteiger charge is -2.01. The van der Waals surface area contributed by atoms with Crippen molar-refractivity contribution >= 4 is 22.9 Å². The monoisotopic (exact) mass is 346 g/mol. The Bertz CT molecular complexity index is 1060. The molecule has 0 saturated heterocycles. The van der Waals surface area contributed by atoms with E-state index in [1.165, 1.54) is 0 Å². The van der Waals surface area contributed by atoms with Crippen LogP contribution in [0.2, 0.25) is 5.02 Å². The molecule has 0 radical (unpaired) electrons. The zero-order valence-electron chi connectivity index (χ0n) is 12.9. The molecule has 0 fully saturated rings. The minimum Gasteiger partial charge on any atom is -0.221 e. The second-order valence-electron chi connectivity index (χ2n) is 5.61. The molecule has 5 aromatic rings. The molecule has 4 heterocycles. The Morgan fingerprint density at radius 2 is 1.20 bits per heavy atom. The molecule has 4 aromatic heterocycles. The lowest BCUT2D eigenvalue weighted by molar-refractivity contribution is 0.964. The lowest BCUT2D eigenvalue weighted by atomic mass is 10.1. The fourth-order valence-corrected chi connectivity index (χ4v) is 2.99. The third kappa shape index (κ3) is 2.43. The molecule has 0 unspecified atom stereocenters. The Balaban J connectivity index is 1.66. The second kappa shape index (κ2) is 5.39. The van der Waals surface area contributed by atoms with Gasteiger partial charge in [0, 0.05) is 28.5 Å². The van der Waals surface area contributed by atoms with Gasteiger partial charge in [0.1, 0.15) is 0 Å². The molecule has 0 aliphatic carbocycles. The number of pyridine rings is 2. The molecular formula is C18H11ClN6. The van der Waals surface area contributed by atoms with E-state index >= 15 is 0 Å². The molecule has 0 atom stereocenters. The van der Waals surface area contributed by atoms with E-state index < -0.39 is 0 Å².